The first kappa shape index (κ1) is 17.5. The van der Waals surface area contributed by atoms with Gasteiger partial charge < -0.3 is 4.52 Å². The molecule has 1 aromatic carbocycles. The fourth-order valence-corrected chi connectivity index (χ4v) is 5.26. The summed E-state index contributed by atoms with van der Waals surface area (Å²) in [6.45, 7) is 18.7. The summed E-state index contributed by atoms with van der Waals surface area (Å²) in [6, 6.07) is 10.3. The van der Waals surface area contributed by atoms with Gasteiger partial charge in [-0.25, -0.2) is 0 Å². The Hall–Kier alpha value is -0.550. The molecule has 1 rings (SSSR count). The molecule has 1 aromatic rings. The number of hydrogen-bond acceptors (Lipinski definition) is 1. The van der Waals surface area contributed by atoms with Crippen LogP contribution in [-0.4, -0.2) is 10.3 Å². The smallest absolute Gasteiger partial charge is 0.123 e. The van der Waals surface area contributed by atoms with Crippen LogP contribution in [0.4, 0.5) is 0 Å². The molecule has 0 radical (unpaired) electrons. The molecule has 20 heavy (non-hydrogen) atoms. The summed E-state index contributed by atoms with van der Waals surface area (Å²) in [5.41, 5.74) is 0. The van der Waals surface area contributed by atoms with E-state index in [2.05, 4.69) is 67.5 Å². The SMILES string of the molecule is CC(C)C(C)(C)P(Oc1ccccc1)C(C)(C)C(C)C. The normalized spacial score (nSPS) is 13.3. The van der Waals surface area contributed by atoms with Crippen molar-refractivity contribution >= 4 is 8.15 Å². The average Bonchev–Trinajstić information content (AvgIpc) is 2.36. The number of hydrogen-bond donors (Lipinski definition) is 0. The van der Waals surface area contributed by atoms with Gasteiger partial charge in [0.15, 0.2) is 0 Å². The van der Waals surface area contributed by atoms with Crippen LogP contribution in [0.2, 0.25) is 0 Å². The van der Waals surface area contributed by atoms with Crippen molar-refractivity contribution in [1.82, 2.24) is 0 Å². The highest BCUT2D eigenvalue weighted by atomic mass is 31.1. The Morgan fingerprint density at radius 2 is 1.20 bits per heavy atom. The van der Waals surface area contributed by atoms with Crippen LogP contribution >= 0.6 is 8.15 Å². The van der Waals surface area contributed by atoms with Gasteiger partial charge in [-0.15, -0.1) is 0 Å². The summed E-state index contributed by atoms with van der Waals surface area (Å²) in [5, 5.41) is 0.359. The molecular weight excluding hydrogens is 263 g/mol. The third kappa shape index (κ3) is 3.76. The minimum atomic E-state index is -0.602. The highest BCUT2D eigenvalue weighted by Crippen LogP contribution is 2.64. The lowest BCUT2D eigenvalue weighted by Gasteiger charge is -2.47. The Morgan fingerprint density at radius 3 is 1.55 bits per heavy atom. The second-order valence-corrected chi connectivity index (χ2v) is 10.4. The zero-order valence-corrected chi connectivity index (χ0v) is 15.3. The standard InChI is InChI=1S/C18H31OP/c1-14(2)17(5,6)20(18(7,8)15(3)4)19-16-12-10-9-11-13-16/h9-15H,1-8H3. The molecule has 0 aromatic heterocycles. The number of rotatable bonds is 6. The second-order valence-electron chi connectivity index (χ2n) is 7.32. The van der Waals surface area contributed by atoms with E-state index in [0.29, 0.717) is 11.8 Å². The molecule has 0 heterocycles. The van der Waals surface area contributed by atoms with Crippen molar-refractivity contribution in [1.29, 1.82) is 0 Å². The summed E-state index contributed by atoms with van der Waals surface area (Å²) in [6.07, 6.45) is 0. The lowest BCUT2D eigenvalue weighted by molar-refractivity contribution is 0.397. The average molecular weight is 294 g/mol. The summed E-state index contributed by atoms with van der Waals surface area (Å²) >= 11 is 0. The minimum Gasteiger partial charge on any atom is -0.473 e. The zero-order valence-electron chi connectivity index (χ0n) is 14.4. The number of benzene rings is 1. The lowest BCUT2D eigenvalue weighted by Crippen LogP contribution is -2.39. The van der Waals surface area contributed by atoms with E-state index in [1.807, 2.05) is 18.2 Å². The highest BCUT2D eigenvalue weighted by molar-refractivity contribution is 7.56. The maximum atomic E-state index is 6.53. The van der Waals surface area contributed by atoms with Crippen molar-refractivity contribution in [2.24, 2.45) is 11.8 Å². The van der Waals surface area contributed by atoms with Crippen LogP contribution in [0.5, 0.6) is 5.75 Å². The summed E-state index contributed by atoms with van der Waals surface area (Å²) in [7, 11) is -0.602. The van der Waals surface area contributed by atoms with E-state index in [0.717, 1.165) is 5.75 Å². The topological polar surface area (TPSA) is 9.23 Å². The molecule has 0 amide bonds. The molecule has 2 heteroatoms. The third-order valence-electron chi connectivity index (χ3n) is 4.81. The molecular formula is C18H31OP. The predicted molar refractivity (Wildman–Crippen MR) is 91.8 cm³/mol. The Labute approximate surface area is 127 Å². The van der Waals surface area contributed by atoms with E-state index in [-0.39, 0.29) is 10.3 Å². The first-order chi connectivity index (χ1) is 9.10. The molecule has 0 atom stereocenters. The van der Waals surface area contributed by atoms with Crippen LogP contribution in [0.3, 0.4) is 0 Å². The molecule has 0 saturated heterocycles. The molecule has 0 aliphatic rings. The van der Waals surface area contributed by atoms with E-state index in [1.54, 1.807) is 0 Å². The quantitative estimate of drug-likeness (QED) is 0.557. The first-order valence-corrected chi connectivity index (χ1v) is 8.89. The van der Waals surface area contributed by atoms with Gasteiger partial charge in [-0.3, -0.25) is 0 Å². The van der Waals surface area contributed by atoms with Gasteiger partial charge in [0.25, 0.3) is 0 Å². The van der Waals surface area contributed by atoms with Crippen LogP contribution in [0.1, 0.15) is 55.4 Å². The van der Waals surface area contributed by atoms with Crippen LogP contribution < -0.4 is 4.52 Å². The Balaban J connectivity index is 3.15. The molecule has 1 nitrogen and oxygen atoms in total. The maximum Gasteiger partial charge on any atom is 0.123 e. The van der Waals surface area contributed by atoms with Crippen molar-refractivity contribution in [3.8, 4) is 5.75 Å². The molecule has 0 spiro atoms. The molecule has 0 aliphatic carbocycles. The van der Waals surface area contributed by atoms with Gasteiger partial charge in [0.2, 0.25) is 0 Å². The molecule has 0 saturated carbocycles. The minimum absolute atomic E-state index is 0.180. The van der Waals surface area contributed by atoms with Crippen LogP contribution in [0.15, 0.2) is 30.3 Å². The number of para-hydroxylation sites is 1. The third-order valence-corrected chi connectivity index (χ3v) is 8.33. The van der Waals surface area contributed by atoms with Gasteiger partial charge in [-0.1, -0.05) is 73.6 Å². The van der Waals surface area contributed by atoms with E-state index >= 15 is 0 Å². The predicted octanol–water partition coefficient (Wildman–Crippen LogP) is 6.33. The van der Waals surface area contributed by atoms with E-state index in [9.17, 15) is 0 Å². The maximum absolute atomic E-state index is 6.53. The van der Waals surface area contributed by atoms with Gasteiger partial charge in [0, 0.05) is 10.3 Å². The van der Waals surface area contributed by atoms with Gasteiger partial charge in [0.05, 0.1) is 8.15 Å². The van der Waals surface area contributed by atoms with Crippen molar-refractivity contribution in [3.05, 3.63) is 30.3 Å². The second kappa shape index (κ2) is 6.48. The fourth-order valence-electron chi connectivity index (χ4n) is 2.03. The molecule has 0 fully saturated rings. The largest absolute Gasteiger partial charge is 0.473 e. The summed E-state index contributed by atoms with van der Waals surface area (Å²) in [5.74, 6) is 2.19. The van der Waals surface area contributed by atoms with Gasteiger partial charge >= 0.3 is 0 Å². The van der Waals surface area contributed by atoms with Crippen LogP contribution in [-0.2, 0) is 0 Å². The van der Waals surface area contributed by atoms with Gasteiger partial charge in [-0.05, 0) is 24.0 Å². The molecule has 0 unspecified atom stereocenters. The monoisotopic (exact) mass is 294 g/mol. The van der Waals surface area contributed by atoms with Gasteiger partial charge in [-0.2, -0.15) is 0 Å². The fraction of sp³-hybridized carbons (Fsp3) is 0.667. The molecule has 0 bridgehead atoms. The zero-order chi connectivity index (χ0) is 15.6. The molecule has 114 valence electrons. The van der Waals surface area contributed by atoms with Crippen molar-refractivity contribution in [2.45, 2.75) is 65.7 Å². The Kier molecular flexibility index (Phi) is 5.67. The van der Waals surface area contributed by atoms with E-state index in [1.165, 1.54) is 0 Å². The van der Waals surface area contributed by atoms with Crippen LogP contribution in [0.25, 0.3) is 0 Å². The summed E-state index contributed by atoms with van der Waals surface area (Å²) in [4.78, 5) is 0. The van der Waals surface area contributed by atoms with Crippen molar-refractivity contribution < 1.29 is 4.52 Å². The molecule has 0 N–H and O–H groups in total. The van der Waals surface area contributed by atoms with Crippen molar-refractivity contribution in [3.63, 3.8) is 0 Å². The summed E-state index contributed by atoms with van der Waals surface area (Å²) < 4.78 is 6.53. The lowest BCUT2D eigenvalue weighted by atomic mass is 9.98. The van der Waals surface area contributed by atoms with E-state index < -0.39 is 8.15 Å². The van der Waals surface area contributed by atoms with Crippen molar-refractivity contribution in [2.75, 3.05) is 0 Å². The van der Waals surface area contributed by atoms with E-state index in [4.69, 9.17) is 4.52 Å². The van der Waals surface area contributed by atoms with Gasteiger partial charge in [0.1, 0.15) is 5.75 Å². The Bertz CT molecular complexity index is 387. The Morgan fingerprint density at radius 1 is 0.800 bits per heavy atom. The first-order valence-electron chi connectivity index (χ1n) is 7.63. The van der Waals surface area contributed by atoms with Crippen LogP contribution in [0, 0.1) is 11.8 Å². The molecule has 0 aliphatic heterocycles. The highest BCUT2D eigenvalue weighted by Gasteiger charge is 2.46.